The Balaban J connectivity index is 1.46. The molecular formula is C20H27N5O3. The van der Waals surface area contributed by atoms with E-state index in [0.717, 1.165) is 50.0 Å². The highest BCUT2D eigenvalue weighted by molar-refractivity contribution is 5.92. The monoisotopic (exact) mass is 385 g/mol. The minimum atomic E-state index is -0.228. The first-order chi connectivity index (χ1) is 13.7. The van der Waals surface area contributed by atoms with Crippen molar-refractivity contribution in [2.45, 2.75) is 6.92 Å². The molecule has 150 valence electrons. The molecule has 1 amide bonds. The van der Waals surface area contributed by atoms with Crippen molar-refractivity contribution in [1.29, 1.82) is 0 Å². The predicted molar refractivity (Wildman–Crippen MR) is 107 cm³/mol. The fourth-order valence-electron chi connectivity index (χ4n) is 3.03. The van der Waals surface area contributed by atoms with E-state index in [9.17, 15) is 4.79 Å². The fraction of sp³-hybridized carbons (Fsp3) is 0.450. The van der Waals surface area contributed by atoms with Crippen molar-refractivity contribution in [3.05, 3.63) is 42.4 Å². The van der Waals surface area contributed by atoms with E-state index in [0.29, 0.717) is 18.8 Å². The van der Waals surface area contributed by atoms with Gasteiger partial charge in [-0.05, 0) is 30.8 Å². The normalized spacial score (nSPS) is 14.6. The second-order valence-corrected chi connectivity index (χ2v) is 6.46. The van der Waals surface area contributed by atoms with Gasteiger partial charge in [0.2, 0.25) is 0 Å². The Hall–Kier alpha value is -2.87. The Morgan fingerprint density at radius 1 is 1.11 bits per heavy atom. The molecule has 1 fully saturated rings. The standard InChI is InChI=1S/C20H27N5O3/c1-3-24-9-11-25(12-10-24)19-14-18(22-15-23-19)20(26)21-8-13-28-17-6-4-16(27-2)5-7-17/h4-7,14-15H,3,8-13H2,1-2H3,(H,21,26). The summed E-state index contributed by atoms with van der Waals surface area (Å²) in [5.41, 5.74) is 0.368. The van der Waals surface area contributed by atoms with Crippen molar-refractivity contribution in [2.24, 2.45) is 0 Å². The number of rotatable bonds is 8. The lowest BCUT2D eigenvalue weighted by molar-refractivity contribution is 0.0942. The van der Waals surface area contributed by atoms with Crippen LogP contribution < -0.4 is 19.7 Å². The SMILES string of the molecule is CCN1CCN(c2cc(C(=O)NCCOc3ccc(OC)cc3)ncn2)CC1. The third-order valence-electron chi connectivity index (χ3n) is 4.74. The van der Waals surface area contributed by atoms with Gasteiger partial charge in [0.25, 0.3) is 5.91 Å². The number of likely N-dealkylation sites (N-methyl/N-ethyl adjacent to an activating group) is 1. The van der Waals surface area contributed by atoms with E-state index in [1.807, 2.05) is 24.3 Å². The molecule has 28 heavy (non-hydrogen) atoms. The topological polar surface area (TPSA) is 79.8 Å². The Labute approximate surface area is 165 Å². The zero-order chi connectivity index (χ0) is 19.8. The number of piperazine rings is 1. The van der Waals surface area contributed by atoms with Crippen molar-refractivity contribution in [1.82, 2.24) is 20.2 Å². The first kappa shape index (κ1) is 19.9. The molecule has 8 nitrogen and oxygen atoms in total. The molecule has 2 aromatic rings. The number of ether oxygens (including phenoxy) is 2. The summed E-state index contributed by atoms with van der Waals surface area (Å²) in [5, 5.41) is 2.83. The minimum absolute atomic E-state index is 0.228. The molecule has 0 atom stereocenters. The lowest BCUT2D eigenvalue weighted by Gasteiger charge is -2.34. The van der Waals surface area contributed by atoms with Crippen molar-refractivity contribution in [2.75, 3.05) is 57.9 Å². The van der Waals surface area contributed by atoms with Gasteiger partial charge in [-0.2, -0.15) is 0 Å². The Morgan fingerprint density at radius 2 is 1.82 bits per heavy atom. The number of anilines is 1. The number of hydrogen-bond acceptors (Lipinski definition) is 7. The molecule has 0 radical (unpaired) electrons. The summed E-state index contributed by atoms with van der Waals surface area (Å²) in [6, 6.07) is 9.07. The minimum Gasteiger partial charge on any atom is -0.497 e. The quantitative estimate of drug-likeness (QED) is 0.689. The molecule has 1 aliphatic heterocycles. The highest BCUT2D eigenvalue weighted by atomic mass is 16.5. The maximum atomic E-state index is 12.4. The van der Waals surface area contributed by atoms with Crippen LogP contribution in [0.15, 0.2) is 36.7 Å². The van der Waals surface area contributed by atoms with Crippen LogP contribution in [0.5, 0.6) is 11.5 Å². The van der Waals surface area contributed by atoms with Crippen LogP contribution in [0.4, 0.5) is 5.82 Å². The average molecular weight is 385 g/mol. The predicted octanol–water partition coefficient (Wildman–Crippen LogP) is 1.44. The fourth-order valence-corrected chi connectivity index (χ4v) is 3.03. The summed E-state index contributed by atoms with van der Waals surface area (Å²) in [6.07, 6.45) is 1.45. The number of nitrogens with zero attached hydrogens (tertiary/aromatic N) is 4. The molecule has 1 saturated heterocycles. The lowest BCUT2D eigenvalue weighted by Crippen LogP contribution is -2.46. The molecule has 3 rings (SSSR count). The van der Waals surface area contributed by atoms with Gasteiger partial charge in [-0.25, -0.2) is 9.97 Å². The van der Waals surface area contributed by atoms with E-state index in [1.165, 1.54) is 6.33 Å². The first-order valence-corrected chi connectivity index (χ1v) is 9.54. The highest BCUT2D eigenvalue weighted by Crippen LogP contribution is 2.17. The van der Waals surface area contributed by atoms with Crippen molar-refractivity contribution in [3.63, 3.8) is 0 Å². The van der Waals surface area contributed by atoms with Crippen LogP contribution in [0.1, 0.15) is 17.4 Å². The Kier molecular flexibility index (Phi) is 7.02. The lowest BCUT2D eigenvalue weighted by atomic mass is 10.3. The van der Waals surface area contributed by atoms with Gasteiger partial charge in [-0.3, -0.25) is 4.79 Å². The number of nitrogens with one attached hydrogen (secondary N) is 1. The summed E-state index contributed by atoms with van der Waals surface area (Å²) in [5.74, 6) is 2.07. The van der Waals surface area contributed by atoms with Crippen LogP contribution >= 0.6 is 0 Å². The second-order valence-electron chi connectivity index (χ2n) is 6.46. The summed E-state index contributed by atoms with van der Waals surface area (Å²) >= 11 is 0. The van der Waals surface area contributed by atoms with E-state index in [4.69, 9.17) is 9.47 Å². The van der Waals surface area contributed by atoms with Crippen LogP contribution in [0.25, 0.3) is 0 Å². The molecule has 1 N–H and O–H groups in total. The average Bonchev–Trinajstić information content (AvgIpc) is 2.77. The Morgan fingerprint density at radius 3 is 2.50 bits per heavy atom. The van der Waals surface area contributed by atoms with Gasteiger partial charge in [0.15, 0.2) is 0 Å². The van der Waals surface area contributed by atoms with Gasteiger partial charge >= 0.3 is 0 Å². The van der Waals surface area contributed by atoms with Crippen molar-refractivity contribution >= 4 is 11.7 Å². The molecule has 1 aromatic heterocycles. The van der Waals surface area contributed by atoms with E-state index < -0.39 is 0 Å². The summed E-state index contributed by atoms with van der Waals surface area (Å²) in [7, 11) is 1.62. The maximum absolute atomic E-state index is 12.4. The zero-order valence-corrected chi connectivity index (χ0v) is 16.4. The van der Waals surface area contributed by atoms with Gasteiger partial charge in [0, 0.05) is 32.2 Å². The maximum Gasteiger partial charge on any atom is 0.270 e. The smallest absolute Gasteiger partial charge is 0.270 e. The van der Waals surface area contributed by atoms with Gasteiger partial charge in [0.1, 0.15) is 35.9 Å². The molecule has 1 aromatic carbocycles. The number of carbonyl (C=O) groups is 1. The number of carbonyl (C=O) groups excluding carboxylic acids is 1. The second kappa shape index (κ2) is 9.89. The molecule has 8 heteroatoms. The van der Waals surface area contributed by atoms with Crippen LogP contribution in [0, 0.1) is 0 Å². The summed E-state index contributed by atoms with van der Waals surface area (Å²) in [4.78, 5) is 25.4. The van der Waals surface area contributed by atoms with E-state index in [2.05, 4.69) is 32.0 Å². The number of methoxy groups -OCH3 is 1. The first-order valence-electron chi connectivity index (χ1n) is 9.54. The highest BCUT2D eigenvalue weighted by Gasteiger charge is 2.18. The van der Waals surface area contributed by atoms with Gasteiger partial charge < -0.3 is 24.6 Å². The third kappa shape index (κ3) is 5.32. The van der Waals surface area contributed by atoms with Crippen LogP contribution in [-0.4, -0.2) is 73.8 Å². The van der Waals surface area contributed by atoms with Gasteiger partial charge in [-0.15, -0.1) is 0 Å². The molecule has 0 spiro atoms. The molecule has 0 aliphatic carbocycles. The van der Waals surface area contributed by atoms with Crippen LogP contribution in [-0.2, 0) is 0 Å². The molecule has 2 heterocycles. The van der Waals surface area contributed by atoms with Crippen molar-refractivity contribution < 1.29 is 14.3 Å². The number of aromatic nitrogens is 2. The van der Waals surface area contributed by atoms with Crippen LogP contribution in [0.3, 0.4) is 0 Å². The van der Waals surface area contributed by atoms with Crippen LogP contribution in [0.2, 0.25) is 0 Å². The molecule has 0 unspecified atom stereocenters. The largest absolute Gasteiger partial charge is 0.497 e. The summed E-state index contributed by atoms with van der Waals surface area (Å²) in [6.45, 7) is 7.80. The summed E-state index contributed by atoms with van der Waals surface area (Å²) < 4.78 is 10.7. The zero-order valence-electron chi connectivity index (χ0n) is 16.4. The third-order valence-corrected chi connectivity index (χ3v) is 4.74. The molecule has 1 aliphatic rings. The van der Waals surface area contributed by atoms with E-state index in [1.54, 1.807) is 13.2 Å². The van der Waals surface area contributed by atoms with E-state index >= 15 is 0 Å². The molecular weight excluding hydrogens is 358 g/mol. The molecule has 0 saturated carbocycles. The Bertz CT molecular complexity index is 761. The number of hydrogen-bond donors (Lipinski definition) is 1. The van der Waals surface area contributed by atoms with Gasteiger partial charge in [-0.1, -0.05) is 6.92 Å². The van der Waals surface area contributed by atoms with Gasteiger partial charge in [0.05, 0.1) is 13.7 Å². The van der Waals surface area contributed by atoms with E-state index in [-0.39, 0.29) is 5.91 Å². The van der Waals surface area contributed by atoms with Crippen molar-refractivity contribution in [3.8, 4) is 11.5 Å². The molecule has 0 bridgehead atoms. The number of amides is 1. The number of benzene rings is 1.